The summed E-state index contributed by atoms with van der Waals surface area (Å²) in [6.45, 7) is 4.39. The zero-order chi connectivity index (χ0) is 21.1. The zero-order valence-electron chi connectivity index (χ0n) is 16.9. The fourth-order valence-corrected chi connectivity index (χ4v) is 3.50. The van der Waals surface area contributed by atoms with Crippen molar-refractivity contribution in [2.75, 3.05) is 26.0 Å². The number of likely N-dealkylation sites (N-methyl/N-ethyl adjacent to an activating group) is 1. The summed E-state index contributed by atoms with van der Waals surface area (Å²) < 4.78 is 1.59. The molecule has 152 valence electrons. The lowest BCUT2D eigenvalue weighted by Gasteiger charge is -2.20. The van der Waals surface area contributed by atoms with Gasteiger partial charge in [-0.1, -0.05) is 11.6 Å². The van der Waals surface area contributed by atoms with Gasteiger partial charge in [0.05, 0.1) is 11.4 Å². The maximum atomic E-state index is 13.1. The number of aromatic amines is 1. The van der Waals surface area contributed by atoms with Crippen LogP contribution < -0.4 is 10.9 Å². The van der Waals surface area contributed by atoms with Gasteiger partial charge in [-0.2, -0.15) is 5.10 Å². The molecule has 0 bridgehead atoms. The predicted octanol–water partition coefficient (Wildman–Crippen LogP) is 3.58. The van der Waals surface area contributed by atoms with E-state index < -0.39 is 5.91 Å². The predicted molar refractivity (Wildman–Crippen MR) is 116 cm³/mol. The maximum absolute atomic E-state index is 13.1. The second-order valence-corrected chi connectivity index (χ2v) is 7.75. The summed E-state index contributed by atoms with van der Waals surface area (Å²) in [6.07, 6.45) is 3.36. The number of hydrogen-bond acceptors (Lipinski definition) is 4. The molecular formula is C21H24ClN5O2. The number of rotatable bonds is 6. The third kappa shape index (κ3) is 4.58. The molecule has 0 fully saturated rings. The molecule has 0 aliphatic carbocycles. The monoisotopic (exact) mass is 413 g/mol. The summed E-state index contributed by atoms with van der Waals surface area (Å²) in [6, 6.07) is 8.69. The Kier molecular flexibility index (Phi) is 6.20. The van der Waals surface area contributed by atoms with Gasteiger partial charge in [-0.05, 0) is 63.8 Å². The number of aryl methyl sites for hydroxylation is 1. The van der Waals surface area contributed by atoms with Crippen molar-refractivity contribution in [3.63, 3.8) is 0 Å². The SMILES string of the molecule is Cc1ccn(C(C)CN(C)C)c(=O)c1C(=O)Nc1cc(Cl)ccc1-c1ccn[nH]1. The molecule has 1 amide bonds. The molecule has 8 heteroatoms. The van der Waals surface area contributed by atoms with Crippen LogP contribution in [0.4, 0.5) is 5.69 Å². The number of halogens is 1. The molecule has 1 unspecified atom stereocenters. The van der Waals surface area contributed by atoms with Crippen LogP contribution >= 0.6 is 11.6 Å². The Bertz CT molecular complexity index is 1070. The molecule has 1 aromatic carbocycles. The molecule has 0 saturated heterocycles. The van der Waals surface area contributed by atoms with Gasteiger partial charge in [0.1, 0.15) is 5.56 Å². The van der Waals surface area contributed by atoms with Crippen LogP contribution in [0.3, 0.4) is 0 Å². The van der Waals surface area contributed by atoms with E-state index in [0.29, 0.717) is 22.8 Å². The number of pyridine rings is 1. The van der Waals surface area contributed by atoms with Crippen molar-refractivity contribution in [3.05, 3.63) is 69.2 Å². The summed E-state index contributed by atoms with van der Waals surface area (Å²) in [7, 11) is 3.89. The third-order valence-electron chi connectivity index (χ3n) is 4.68. The summed E-state index contributed by atoms with van der Waals surface area (Å²) in [4.78, 5) is 28.1. The van der Waals surface area contributed by atoms with Crippen LogP contribution in [-0.4, -0.2) is 46.2 Å². The number of carbonyl (C=O) groups excluding carboxylic acids is 1. The zero-order valence-corrected chi connectivity index (χ0v) is 17.6. The van der Waals surface area contributed by atoms with Crippen LogP contribution in [0.25, 0.3) is 11.3 Å². The minimum Gasteiger partial charge on any atom is -0.321 e. The molecule has 7 nitrogen and oxygen atoms in total. The van der Waals surface area contributed by atoms with Crippen molar-refractivity contribution in [2.24, 2.45) is 0 Å². The summed E-state index contributed by atoms with van der Waals surface area (Å²) in [5.41, 5.74) is 2.39. The molecule has 2 aromatic heterocycles. The average molecular weight is 414 g/mol. The summed E-state index contributed by atoms with van der Waals surface area (Å²) in [5, 5.41) is 10.2. The Hall–Kier alpha value is -2.90. The van der Waals surface area contributed by atoms with Gasteiger partial charge in [-0.3, -0.25) is 14.7 Å². The van der Waals surface area contributed by atoms with Gasteiger partial charge >= 0.3 is 0 Å². The van der Waals surface area contributed by atoms with Crippen LogP contribution in [0.2, 0.25) is 5.02 Å². The molecule has 2 N–H and O–H groups in total. The first kappa shape index (κ1) is 20.8. The molecule has 0 aliphatic rings. The lowest BCUT2D eigenvalue weighted by atomic mass is 10.1. The Labute approximate surface area is 174 Å². The fraction of sp³-hybridized carbons (Fsp3) is 0.286. The Balaban J connectivity index is 1.99. The molecule has 29 heavy (non-hydrogen) atoms. The molecule has 1 atom stereocenters. The van der Waals surface area contributed by atoms with Gasteiger partial charge in [0.2, 0.25) is 0 Å². The fourth-order valence-electron chi connectivity index (χ4n) is 3.33. The third-order valence-corrected chi connectivity index (χ3v) is 4.91. The Morgan fingerprint density at radius 2 is 2.07 bits per heavy atom. The molecule has 0 aliphatic heterocycles. The molecule has 2 heterocycles. The highest BCUT2D eigenvalue weighted by Crippen LogP contribution is 2.29. The van der Waals surface area contributed by atoms with Gasteiger partial charge in [0.25, 0.3) is 11.5 Å². The molecule has 0 radical (unpaired) electrons. The Morgan fingerprint density at radius 1 is 1.31 bits per heavy atom. The number of benzene rings is 1. The lowest BCUT2D eigenvalue weighted by Crippen LogP contribution is -2.34. The van der Waals surface area contributed by atoms with Gasteiger partial charge in [0, 0.05) is 35.6 Å². The normalized spacial score (nSPS) is 12.2. The van der Waals surface area contributed by atoms with E-state index in [1.165, 1.54) is 0 Å². The average Bonchev–Trinajstić information content (AvgIpc) is 3.15. The lowest BCUT2D eigenvalue weighted by molar-refractivity contribution is 0.102. The largest absolute Gasteiger partial charge is 0.321 e. The number of nitrogens with zero attached hydrogens (tertiary/aromatic N) is 3. The van der Waals surface area contributed by atoms with Gasteiger partial charge in [0.15, 0.2) is 0 Å². The first-order valence-electron chi connectivity index (χ1n) is 9.25. The number of amides is 1. The summed E-state index contributed by atoms with van der Waals surface area (Å²) >= 11 is 6.14. The molecule has 0 saturated carbocycles. The number of carbonyl (C=O) groups is 1. The summed E-state index contributed by atoms with van der Waals surface area (Å²) in [5.74, 6) is -0.470. The number of aromatic nitrogens is 3. The van der Waals surface area contributed by atoms with Crippen LogP contribution in [0, 0.1) is 6.92 Å². The second-order valence-electron chi connectivity index (χ2n) is 7.31. The number of hydrogen-bond donors (Lipinski definition) is 2. The highest BCUT2D eigenvalue weighted by Gasteiger charge is 2.20. The van der Waals surface area contributed by atoms with E-state index in [1.54, 1.807) is 54.2 Å². The molecule has 3 aromatic rings. The molecular weight excluding hydrogens is 390 g/mol. The Morgan fingerprint density at radius 3 is 2.72 bits per heavy atom. The number of H-pyrrole nitrogens is 1. The van der Waals surface area contributed by atoms with E-state index in [9.17, 15) is 9.59 Å². The maximum Gasteiger partial charge on any atom is 0.263 e. The van der Waals surface area contributed by atoms with E-state index in [4.69, 9.17) is 11.6 Å². The standard InChI is InChI=1S/C21H24ClN5O2/c1-13-8-10-27(14(2)12-26(3)4)21(29)19(13)20(28)24-18-11-15(22)5-6-16(18)17-7-9-23-25-17/h5-11,14H,12H2,1-4H3,(H,23,25)(H,24,28). The first-order valence-corrected chi connectivity index (χ1v) is 9.63. The van der Waals surface area contributed by atoms with E-state index in [2.05, 4.69) is 15.5 Å². The number of anilines is 1. The van der Waals surface area contributed by atoms with Crippen LogP contribution in [0.15, 0.2) is 47.5 Å². The first-order chi connectivity index (χ1) is 13.8. The van der Waals surface area contributed by atoms with Crippen molar-refractivity contribution in [1.82, 2.24) is 19.7 Å². The van der Waals surface area contributed by atoms with Crippen molar-refractivity contribution in [2.45, 2.75) is 19.9 Å². The van der Waals surface area contributed by atoms with Crippen molar-refractivity contribution < 1.29 is 4.79 Å². The highest BCUT2D eigenvalue weighted by atomic mass is 35.5. The van der Waals surface area contributed by atoms with E-state index in [1.807, 2.05) is 25.9 Å². The van der Waals surface area contributed by atoms with Crippen molar-refractivity contribution in [1.29, 1.82) is 0 Å². The highest BCUT2D eigenvalue weighted by molar-refractivity contribution is 6.31. The minimum absolute atomic E-state index is 0.0728. The second kappa shape index (κ2) is 8.63. The number of nitrogens with one attached hydrogen (secondary N) is 2. The quantitative estimate of drug-likeness (QED) is 0.647. The van der Waals surface area contributed by atoms with Crippen LogP contribution in [0.1, 0.15) is 28.9 Å². The van der Waals surface area contributed by atoms with Crippen LogP contribution in [-0.2, 0) is 0 Å². The minimum atomic E-state index is -0.470. The van der Waals surface area contributed by atoms with Crippen molar-refractivity contribution >= 4 is 23.2 Å². The topological polar surface area (TPSA) is 83.0 Å². The smallest absolute Gasteiger partial charge is 0.263 e. The molecule has 3 rings (SSSR count). The van der Waals surface area contributed by atoms with Crippen LogP contribution in [0.5, 0.6) is 0 Å². The van der Waals surface area contributed by atoms with Gasteiger partial charge in [-0.25, -0.2) is 0 Å². The van der Waals surface area contributed by atoms with E-state index in [0.717, 1.165) is 11.3 Å². The van der Waals surface area contributed by atoms with Gasteiger partial charge < -0.3 is 14.8 Å². The van der Waals surface area contributed by atoms with E-state index in [-0.39, 0.29) is 17.2 Å². The van der Waals surface area contributed by atoms with E-state index >= 15 is 0 Å². The van der Waals surface area contributed by atoms with Gasteiger partial charge in [-0.15, -0.1) is 0 Å². The molecule has 0 spiro atoms. The van der Waals surface area contributed by atoms with Crippen molar-refractivity contribution in [3.8, 4) is 11.3 Å².